The number of hydrogen-bond acceptors (Lipinski definition) is 3. The molecule has 2 atom stereocenters. The summed E-state index contributed by atoms with van der Waals surface area (Å²) in [6.07, 6.45) is 3.49. The molecule has 0 saturated heterocycles. The van der Waals surface area contributed by atoms with Crippen molar-refractivity contribution in [1.29, 1.82) is 0 Å². The number of benzene rings is 1. The lowest BCUT2D eigenvalue weighted by Gasteiger charge is -2.19. The van der Waals surface area contributed by atoms with Gasteiger partial charge in [-0.1, -0.05) is 6.42 Å². The minimum Gasteiger partial charge on any atom is -0.494 e. The number of aliphatic hydroxyl groups excluding tert-OH is 1. The fraction of sp³-hybridized carbons (Fsp3) is 0.571. The maximum atomic E-state index is 9.32. The number of ether oxygens (including phenoxy) is 1. The molecule has 2 N–H and O–H groups in total. The molecule has 19 heavy (non-hydrogen) atoms. The van der Waals surface area contributed by atoms with Gasteiger partial charge in [-0.15, -0.1) is 0 Å². The lowest BCUT2D eigenvalue weighted by molar-refractivity contribution is 0.205. The van der Waals surface area contributed by atoms with Crippen LogP contribution in [0.2, 0.25) is 0 Å². The first-order chi connectivity index (χ1) is 9.15. The second-order valence-corrected chi connectivity index (χ2v) is 6.66. The molecule has 1 aromatic rings. The highest BCUT2D eigenvalue weighted by Gasteiger charge is 2.25. The summed E-state index contributed by atoms with van der Waals surface area (Å²) in [7, 11) is 1.66. The van der Waals surface area contributed by atoms with Gasteiger partial charge in [0.1, 0.15) is 5.75 Å². The first-order valence-electron chi connectivity index (χ1n) is 6.52. The molecule has 1 saturated carbocycles. The maximum absolute atomic E-state index is 9.32. The SMILES string of the molecule is COc1c(Br)cc(CNC2CCCC2CO)cc1Br. The van der Waals surface area contributed by atoms with Gasteiger partial charge < -0.3 is 15.2 Å². The lowest BCUT2D eigenvalue weighted by Crippen LogP contribution is -2.33. The highest BCUT2D eigenvalue weighted by molar-refractivity contribution is 9.11. The zero-order valence-electron chi connectivity index (χ0n) is 11.0. The fourth-order valence-corrected chi connectivity index (χ4v) is 4.29. The van der Waals surface area contributed by atoms with Crippen LogP contribution in [0.1, 0.15) is 24.8 Å². The van der Waals surface area contributed by atoms with Gasteiger partial charge in [-0.05, 0) is 68.3 Å². The van der Waals surface area contributed by atoms with E-state index < -0.39 is 0 Å². The van der Waals surface area contributed by atoms with E-state index in [1.54, 1.807) is 7.11 Å². The normalized spacial score (nSPS) is 22.7. The second-order valence-electron chi connectivity index (χ2n) is 4.95. The first kappa shape index (κ1) is 15.3. The van der Waals surface area contributed by atoms with E-state index in [0.29, 0.717) is 12.0 Å². The lowest BCUT2D eigenvalue weighted by atomic mass is 10.0. The first-order valence-corrected chi connectivity index (χ1v) is 8.10. The van der Waals surface area contributed by atoms with E-state index in [-0.39, 0.29) is 6.61 Å². The Hall–Kier alpha value is -0.100. The standard InChI is InChI=1S/C14H19Br2NO2/c1-19-14-11(15)5-9(6-12(14)16)7-17-13-4-2-3-10(13)8-18/h5-6,10,13,17-18H,2-4,7-8H2,1H3. The van der Waals surface area contributed by atoms with Gasteiger partial charge in [-0.2, -0.15) is 0 Å². The van der Waals surface area contributed by atoms with E-state index >= 15 is 0 Å². The van der Waals surface area contributed by atoms with Crippen molar-refractivity contribution in [2.75, 3.05) is 13.7 Å². The molecule has 1 aliphatic rings. The summed E-state index contributed by atoms with van der Waals surface area (Å²) in [5, 5.41) is 12.9. The molecule has 0 amide bonds. The highest BCUT2D eigenvalue weighted by Crippen LogP contribution is 2.34. The molecule has 0 radical (unpaired) electrons. The van der Waals surface area contributed by atoms with Crippen LogP contribution in [-0.4, -0.2) is 24.9 Å². The van der Waals surface area contributed by atoms with Crippen molar-refractivity contribution in [3.8, 4) is 5.75 Å². The summed E-state index contributed by atoms with van der Waals surface area (Å²) >= 11 is 7.03. The highest BCUT2D eigenvalue weighted by atomic mass is 79.9. The van der Waals surface area contributed by atoms with Crippen molar-refractivity contribution in [2.24, 2.45) is 5.92 Å². The topological polar surface area (TPSA) is 41.5 Å². The van der Waals surface area contributed by atoms with Crippen LogP contribution in [0.3, 0.4) is 0 Å². The second kappa shape index (κ2) is 7.07. The van der Waals surface area contributed by atoms with E-state index in [1.165, 1.54) is 12.0 Å². The van der Waals surface area contributed by atoms with Gasteiger partial charge in [-0.25, -0.2) is 0 Å². The van der Waals surface area contributed by atoms with Crippen LogP contribution in [0.25, 0.3) is 0 Å². The van der Waals surface area contributed by atoms with Crippen LogP contribution in [0.5, 0.6) is 5.75 Å². The smallest absolute Gasteiger partial charge is 0.147 e. The zero-order valence-corrected chi connectivity index (χ0v) is 14.1. The van der Waals surface area contributed by atoms with Gasteiger partial charge in [0.05, 0.1) is 16.1 Å². The van der Waals surface area contributed by atoms with Crippen molar-refractivity contribution >= 4 is 31.9 Å². The average molecular weight is 393 g/mol. The van der Waals surface area contributed by atoms with Crippen molar-refractivity contribution in [3.05, 3.63) is 26.6 Å². The molecule has 0 heterocycles. The Kier molecular flexibility index (Phi) is 5.69. The molecule has 1 aliphatic carbocycles. The zero-order chi connectivity index (χ0) is 13.8. The van der Waals surface area contributed by atoms with Crippen molar-refractivity contribution in [2.45, 2.75) is 31.8 Å². The van der Waals surface area contributed by atoms with Gasteiger partial charge in [0.2, 0.25) is 0 Å². The molecule has 0 aliphatic heterocycles. The molecule has 106 valence electrons. The molecule has 0 bridgehead atoms. The predicted molar refractivity (Wildman–Crippen MR) is 83.4 cm³/mol. The number of methoxy groups -OCH3 is 1. The fourth-order valence-electron chi connectivity index (χ4n) is 2.68. The third kappa shape index (κ3) is 3.72. The molecular weight excluding hydrogens is 374 g/mol. The Balaban J connectivity index is 2.00. The van der Waals surface area contributed by atoms with E-state index in [9.17, 15) is 5.11 Å². The van der Waals surface area contributed by atoms with Gasteiger partial charge in [-0.3, -0.25) is 0 Å². The summed E-state index contributed by atoms with van der Waals surface area (Å²) in [5.41, 5.74) is 1.20. The quantitative estimate of drug-likeness (QED) is 0.805. The minimum absolute atomic E-state index is 0.285. The molecule has 2 rings (SSSR count). The number of halogens is 2. The molecule has 0 spiro atoms. The monoisotopic (exact) mass is 391 g/mol. The number of nitrogens with one attached hydrogen (secondary N) is 1. The third-order valence-electron chi connectivity index (χ3n) is 3.72. The van der Waals surface area contributed by atoms with Gasteiger partial charge in [0.25, 0.3) is 0 Å². The Morgan fingerprint density at radius 2 is 2.00 bits per heavy atom. The largest absolute Gasteiger partial charge is 0.494 e. The molecule has 1 fully saturated rings. The summed E-state index contributed by atoms with van der Waals surface area (Å²) in [6, 6.07) is 4.57. The summed E-state index contributed by atoms with van der Waals surface area (Å²) in [6.45, 7) is 1.09. The Morgan fingerprint density at radius 3 is 2.58 bits per heavy atom. The Morgan fingerprint density at radius 1 is 1.32 bits per heavy atom. The van der Waals surface area contributed by atoms with E-state index in [1.807, 2.05) is 0 Å². The van der Waals surface area contributed by atoms with Crippen LogP contribution in [0.4, 0.5) is 0 Å². The van der Waals surface area contributed by atoms with Crippen molar-refractivity contribution in [1.82, 2.24) is 5.32 Å². The van der Waals surface area contributed by atoms with Crippen LogP contribution in [0.15, 0.2) is 21.1 Å². The predicted octanol–water partition coefficient (Wildman–Crippen LogP) is 3.47. The van der Waals surface area contributed by atoms with Gasteiger partial charge in [0.15, 0.2) is 0 Å². The van der Waals surface area contributed by atoms with Crippen molar-refractivity contribution in [3.63, 3.8) is 0 Å². The summed E-state index contributed by atoms with van der Waals surface area (Å²) in [4.78, 5) is 0. The molecule has 3 nitrogen and oxygen atoms in total. The van der Waals surface area contributed by atoms with Crippen LogP contribution in [-0.2, 0) is 6.54 Å². The molecular formula is C14H19Br2NO2. The summed E-state index contributed by atoms with van der Waals surface area (Å²) in [5.74, 6) is 1.22. The van der Waals surface area contributed by atoms with Gasteiger partial charge >= 0.3 is 0 Å². The Bertz CT molecular complexity index is 416. The maximum Gasteiger partial charge on any atom is 0.147 e. The van der Waals surface area contributed by atoms with Gasteiger partial charge in [0, 0.05) is 19.2 Å². The van der Waals surface area contributed by atoms with E-state index in [2.05, 4.69) is 49.3 Å². The number of aliphatic hydroxyl groups is 1. The number of hydrogen-bond donors (Lipinski definition) is 2. The Labute approximate surface area is 131 Å². The average Bonchev–Trinajstić information content (AvgIpc) is 2.83. The van der Waals surface area contributed by atoms with Crippen LogP contribution >= 0.6 is 31.9 Å². The molecule has 1 aromatic carbocycles. The summed E-state index contributed by atoms with van der Waals surface area (Å²) < 4.78 is 7.20. The minimum atomic E-state index is 0.285. The van der Waals surface area contributed by atoms with Crippen LogP contribution < -0.4 is 10.1 Å². The third-order valence-corrected chi connectivity index (χ3v) is 4.90. The molecule has 5 heteroatoms. The molecule has 0 aromatic heterocycles. The molecule has 2 unspecified atom stereocenters. The number of rotatable bonds is 5. The van der Waals surface area contributed by atoms with E-state index in [4.69, 9.17) is 4.74 Å². The van der Waals surface area contributed by atoms with Crippen LogP contribution in [0, 0.1) is 5.92 Å². The van der Waals surface area contributed by atoms with Crippen molar-refractivity contribution < 1.29 is 9.84 Å². The van der Waals surface area contributed by atoms with E-state index in [0.717, 1.165) is 34.1 Å².